The highest BCUT2D eigenvalue weighted by atomic mass is 15.1. The molecule has 0 amide bonds. The second-order valence-electron chi connectivity index (χ2n) is 2.32. The van der Waals surface area contributed by atoms with Gasteiger partial charge in [-0.05, 0) is 0 Å². The zero-order chi connectivity index (χ0) is 8.39. The standard InChI is InChI=1S/C7H7N5/c8-7-4-9-3-6(12-7)5-1-10-11-2-5/h1-4H,(H2,8,12)(H,10,11). The largest absolute Gasteiger partial charge is 0.382 e. The molecule has 2 heterocycles. The molecule has 12 heavy (non-hydrogen) atoms. The fourth-order valence-electron chi connectivity index (χ4n) is 0.911. The topological polar surface area (TPSA) is 80.5 Å². The van der Waals surface area contributed by atoms with Crippen LogP contribution in [0.3, 0.4) is 0 Å². The van der Waals surface area contributed by atoms with Crippen LogP contribution in [-0.4, -0.2) is 20.2 Å². The van der Waals surface area contributed by atoms with Crippen molar-refractivity contribution in [3.05, 3.63) is 24.8 Å². The van der Waals surface area contributed by atoms with Gasteiger partial charge < -0.3 is 5.73 Å². The molecule has 0 bridgehead atoms. The summed E-state index contributed by atoms with van der Waals surface area (Å²) in [5.41, 5.74) is 7.07. The van der Waals surface area contributed by atoms with E-state index in [-0.39, 0.29) is 0 Å². The smallest absolute Gasteiger partial charge is 0.142 e. The number of hydrogen-bond donors (Lipinski definition) is 2. The zero-order valence-electron chi connectivity index (χ0n) is 6.23. The molecule has 0 atom stereocenters. The highest BCUT2D eigenvalue weighted by molar-refractivity contribution is 5.56. The number of aromatic nitrogens is 4. The van der Waals surface area contributed by atoms with Gasteiger partial charge in [0.25, 0.3) is 0 Å². The number of rotatable bonds is 1. The van der Waals surface area contributed by atoms with Crippen LogP contribution in [0.5, 0.6) is 0 Å². The van der Waals surface area contributed by atoms with Crippen LogP contribution in [0.4, 0.5) is 5.82 Å². The molecule has 5 heteroatoms. The molecular formula is C7H7N5. The molecule has 0 aliphatic rings. The van der Waals surface area contributed by atoms with Crippen LogP contribution in [0.1, 0.15) is 0 Å². The Morgan fingerprint density at radius 1 is 1.25 bits per heavy atom. The molecule has 2 aromatic heterocycles. The van der Waals surface area contributed by atoms with Gasteiger partial charge in [0.1, 0.15) is 5.82 Å². The van der Waals surface area contributed by atoms with Crippen molar-refractivity contribution in [2.24, 2.45) is 0 Å². The summed E-state index contributed by atoms with van der Waals surface area (Å²) in [6.07, 6.45) is 6.55. The van der Waals surface area contributed by atoms with Gasteiger partial charge in [0.15, 0.2) is 0 Å². The highest BCUT2D eigenvalue weighted by Crippen LogP contribution is 2.13. The van der Waals surface area contributed by atoms with E-state index in [1.54, 1.807) is 18.6 Å². The Morgan fingerprint density at radius 2 is 2.17 bits per heavy atom. The maximum atomic E-state index is 5.46. The maximum absolute atomic E-state index is 5.46. The van der Waals surface area contributed by atoms with Crippen LogP contribution < -0.4 is 5.73 Å². The van der Waals surface area contributed by atoms with Crippen LogP contribution >= 0.6 is 0 Å². The first-order chi connectivity index (χ1) is 5.86. The van der Waals surface area contributed by atoms with E-state index in [2.05, 4.69) is 20.2 Å². The number of nitrogens with zero attached hydrogens (tertiary/aromatic N) is 3. The number of nitrogens with one attached hydrogen (secondary N) is 1. The lowest BCUT2D eigenvalue weighted by molar-refractivity contribution is 1.09. The van der Waals surface area contributed by atoms with E-state index >= 15 is 0 Å². The highest BCUT2D eigenvalue weighted by Gasteiger charge is 1.99. The van der Waals surface area contributed by atoms with Gasteiger partial charge in [0, 0.05) is 11.8 Å². The van der Waals surface area contributed by atoms with Gasteiger partial charge in [0.05, 0.1) is 24.3 Å². The molecule has 0 aliphatic carbocycles. The van der Waals surface area contributed by atoms with Crippen molar-refractivity contribution in [2.75, 3.05) is 5.73 Å². The average Bonchev–Trinajstić information content (AvgIpc) is 2.56. The third kappa shape index (κ3) is 1.12. The third-order valence-electron chi connectivity index (χ3n) is 1.45. The third-order valence-corrected chi connectivity index (χ3v) is 1.45. The first kappa shape index (κ1) is 6.78. The summed E-state index contributed by atoms with van der Waals surface area (Å²) in [6.45, 7) is 0. The van der Waals surface area contributed by atoms with Crippen LogP contribution in [0.25, 0.3) is 11.3 Å². The molecule has 60 valence electrons. The average molecular weight is 161 g/mol. The number of anilines is 1. The van der Waals surface area contributed by atoms with Gasteiger partial charge in [-0.2, -0.15) is 5.10 Å². The minimum Gasteiger partial charge on any atom is -0.382 e. The second-order valence-corrected chi connectivity index (χ2v) is 2.32. The Bertz CT molecular complexity index is 367. The first-order valence-electron chi connectivity index (χ1n) is 3.43. The number of H-pyrrole nitrogens is 1. The van der Waals surface area contributed by atoms with Crippen molar-refractivity contribution in [1.29, 1.82) is 0 Å². The van der Waals surface area contributed by atoms with Crippen molar-refractivity contribution >= 4 is 5.82 Å². The lowest BCUT2D eigenvalue weighted by Crippen LogP contribution is -1.92. The molecule has 0 saturated heterocycles. The van der Waals surface area contributed by atoms with E-state index in [9.17, 15) is 0 Å². The molecule has 2 aromatic rings. The van der Waals surface area contributed by atoms with E-state index < -0.39 is 0 Å². The SMILES string of the molecule is Nc1cncc(-c2cn[nH]c2)n1. The molecule has 3 N–H and O–H groups in total. The predicted octanol–water partition coefficient (Wildman–Crippen LogP) is 0.449. The minimum absolute atomic E-state index is 0.411. The van der Waals surface area contributed by atoms with Gasteiger partial charge in [-0.1, -0.05) is 0 Å². The van der Waals surface area contributed by atoms with E-state index in [0.29, 0.717) is 5.82 Å². The number of aromatic amines is 1. The monoisotopic (exact) mass is 161 g/mol. The first-order valence-corrected chi connectivity index (χ1v) is 3.43. The lowest BCUT2D eigenvalue weighted by Gasteiger charge is -1.95. The van der Waals surface area contributed by atoms with E-state index in [0.717, 1.165) is 11.3 Å². The summed E-state index contributed by atoms with van der Waals surface area (Å²) < 4.78 is 0. The molecule has 0 spiro atoms. The summed E-state index contributed by atoms with van der Waals surface area (Å²) >= 11 is 0. The maximum Gasteiger partial charge on any atom is 0.142 e. The fraction of sp³-hybridized carbons (Fsp3) is 0. The normalized spacial score (nSPS) is 10.0. The Labute approximate surface area is 68.7 Å². The van der Waals surface area contributed by atoms with Gasteiger partial charge in [-0.15, -0.1) is 0 Å². The van der Waals surface area contributed by atoms with Crippen molar-refractivity contribution in [2.45, 2.75) is 0 Å². The van der Waals surface area contributed by atoms with E-state index in [4.69, 9.17) is 5.73 Å². The Kier molecular flexibility index (Phi) is 1.48. The molecule has 0 saturated carbocycles. The molecule has 2 rings (SSSR count). The van der Waals surface area contributed by atoms with Crippen molar-refractivity contribution < 1.29 is 0 Å². The summed E-state index contributed by atoms with van der Waals surface area (Å²) in [6, 6.07) is 0. The molecule has 5 nitrogen and oxygen atoms in total. The molecule has 0 aliphatic heterocycles. The second kappa shape index (κ2) is 2.61. The lowest BCUT2D eigenvalue weighted by atomic mass is 10.3. The molecule has 0 fully saturated rings. The Hall–Kier alpha value is -1.91. The zero-order valence-corrected chi connectivity index (χ0v) is 6.23. The van der Waals surface area contributed by atoms with E-state index in [1.165, 1.54) is 6.20 Å². The fourth-order valence-corrected chi connectivity index (χ4v) is 0.911. The van der Waals surface area contributed by atoms with Gasteiger partial charge in [-0.25, -0.2) is 4.98 Å². The summed E-state index contributed by atoms with van der Waals surface area (Å²) in [5, 5.41) is 6.48. The predicted molar refractivity (Wildman–Crippen MR) is 44.0 cm³/mol. The van der Waals surface area contributed by atoms with Crippen LogP contribution in [0.2, 0.25) is 0 Å². The van der Waals surface area contributed by atoms with Crippen LogP contribution in [0, 0.1) is 0 Å². The van der Waals surface area contributed by atoms with E-state index in [1.807, 2.05) is 0 Å². The Balaban J connectivity index is 2.48. The van der Waals surface area contributed by atoms with Gasteiger partial charge in [0.2, 0.25) is 0 Å². The minimum atomic E-state index is 0.411. The van der Waals surface area contributed by atoms with Crippen LogP contribution in [0.15, 0.2) is 24.8 Å². The number of hydrogen-bond acceptors (Lipinski definition) is 4. The summed E-state index contributed by atoms with van der Waals surface area (Å²) in [7, 11) is 0. The molecule has 0 aromatic carbocycles. The van der Waals surface area contributed by atoms with Crippen LogP contribution in [-0.2, 0) is 0 Å². The van der Waals surface area contributed by atoms with Gasteiger partial charge in [-0.3, -0.25) is 10.1 Å². The number of nitrogens with two attached hydrogens (primary N) is 1. The van der Waals surface area contributed by atoms with Crippen molar-refractivity contribution in [3.8, 4) is 11.3 Å². The Morgan fingerprint density at radius 3 is 2.83 bits per heavy atom. The summed E-state index contributed by atoms with van der Waals surface area (Å²) in [4.78, 5) is 7.98. The summed E-state index contributed by atoms with van der Waals surface area (Å²) in [5.74, 6) is 0.411. The van der Waals surface area contributed by atoms with Crippen molar-refractivity contribution in [1.82, 2.24) is 20.2 Å². The molecular weight excluding hydrogens is 154 g/mol. The van der Waals surface area contributed by atoms with Gasteiger partial charge >= 0.3 is 0 Å². The number of nitrogen functional groups attached to an aromatic ring is 1. The molecule has 0 unspecified atom stereocenters. The van der Waals surface area contributed by atoms with Crippen molar-refractivity contribution in [3.63, 3.8) is 0 Å². The molecule has 0 radical (unpaired) electrons. The quantitative estimate of drug-likeness (QED) is 0.636.